The Morgan fingerprint density at radius 2 is 2.00 bits per heavy atom. The molecule has 1 aromatic carbocycles. The molecule has 1 atom stereocenters. The number of aryl methyl sites for hydroxylation is 1. The molecule has 0 saturated heterocycles. The lowest BCUT2D eigenvalue weighted by molar-refractivity contribution is 0.407. The predicted molar refractivity (Wildman–Crippen MR) is 90.5 cm³/mol. The van der Waals surface area contributed by atoms with Crippen LogP contribution >= 0.6 is 0 Å². The van der Waals surface area contributed by atoms with E-state index in [9.17, 15) is 0 Å². The molecule has 1 unspecified atom stereocenters. The zero-order chi connectivity index (χ0) is 15.8. The van der Waals surface area contributed by atoms with Gasteiger partial charge in [0.05, 0.1) is 19.0 Å². The standard InChI is InChI=1S/C18H25N3O/c1-4-5-9-16(15-10-7-6-8-11-15)12-19-18-20-13-17(22-3)14(2)21-18/h6-8,10-11,13,16H,4-5,9,12H2,1-3H3,(H,19,20,21). The van der Waals surface area contributed by atoms with Gasteiger partial charge in [-0.3, -0.25) is 0 Å². The maximum Gasteiger partial charge on any atom is 0.223 e. The van der Waals surface area contributed by atoms with Crippen LogP contribution in [0.4, 0.5) is 5.95 Å². The first-order valence-corrected chi connectivity index (χ1v) is 7.91. The molecule has 4 nitrogen and oxygen atoms in total. The van der Waals surface area contributed by atoms with Crippen LogP contribution in [0.15, 0.2) is 36.5 Å². The lowest BCUT2D eigenvalue weighted by Gasteiger charge is -2.18. The molecule has 1 heterocycles. The Hall–Kier alpha value is -2.10. The van der Waals surface area contributed by atoms with Crippen LogP contribution in [0.2, 0.25) is 0 Å². The van der Waals surface area contributed by atoms with Gasteiger partial charge >= 0.3 is 0 Å². The quantitative estimate of drug-likeness (QED) is 0.794. The van der Waals surface area contributed by atoms with E-state index in [4.69, 9.17) is 4.74 Å². The molecule has 0 spiro atoms. The van der Waals surface area contributed by atoms with E-state index in [0.29, 0.717) is 11.9 Å². The number of unbranched alkanes of at least 4 members (excludes halogenated alkanes) is 1. The molecule has 0 amide bonds. The zero-order valence-electron chi connectivity index (χ0n) is 13.7. The number of aromatic nitrogens is 2. The SMILES string of the molecule is CCCCC(CNc1ncc(OC)c(C)n1)c1ccccc1. The van der Waals surface area contributed by atoms with Crippen molar-refractivity contribution >= 4 is 5.95 Å². The highest BCUT2D eigenvalue weighted by Gasteiger charge is 2.12. The van der Waals surface area contributed by atoms with Gasteiger partial charge in [0.15, 0.2) is 5.75 Å². The van der Waals surface area contributed by atoms with Crippen molar-refractivity contribution in [2.75, 3.05) is 19.0 Å². The van der Waals surface area contributed by atoms with E-state index in [1.165, 1.54) is 24.8 Å². The number of hydrogen-bond donors (Lipinski definition) is 1. The second kappa shape index (κ2) is 8.37. The van der Waals surface area contributed by atoms with Crippen LogP contribution in [0.25, 0.3) is 0 Å². The summed E-state index contributed by atoms with van der Waals surface area (Å²) in [4.78, 5) is 8.75. The topological polar surface area (TPSA) is 47.0 Å². The van der Waals surface area contributed by atoms with Crippen LogP contribution in [0.3, 0.4) is 0 Å². The molecule has 0 radical (unpaired) electrons. The first-order valence-electron chi connectivity index (χ1n) is 7.91. The molecule has 0 aliphatic rings. The Kier molecular flexibility index (Phi) is 6.19. The smallest absolute Gasteiger partial charge is 0.223 e. The number of methoxy groups -OCH3 is 1. The van der Waals surface area contributed by atoms with Crippen LogP contribution in [-0.4, -0.2) is 23.6 Å². The minimum Gasteiger partial charge on any atom is -0.493 e. The number of ether oxygens (including phenoxy) is 1. The highest BCUT2D eigenvalue weighted by atomic mass is 16.5. The van der Waals surface area contributed by atoms with E-state index < -0.39 is 0 Å². The first kappa shape index (κ1) is 16.3. The van der Waals surface area contributed by atoms with Gasteiger partial charge in [-0.1, -0.05) is 50.1 Å². The number of nitrogens with zero attached hydrogens (tertiary/aromatic N) is 2. The molecule has 0 fully saturated rings. The maximum atomic E-state index is 5.20. The zero-order valence-corrected chi connectivity index (χ0v) is 13.7. The number of nitrogens with one attached hydrogen (secondary N) is 1. The van der Waals surface area contributed by atoms with E-state index in [1.807, 2.05) is 6.92 Å². The van der Waals surface area contributed by atoms with Crippen molar-refractivity contribution in [2.24, 2.45) is 0 Å². The van der Waals surface area contributed by atoms with Gasteiger partial charge in [0.25, 0.3) is 0 Å². The molecule has 2 aromatic rings. The van der Waals surface area contributed by atoms with E-state index in [0.717, 1.165) is 18.0 Å². The van der Waals surface area contributed by atoms with Gasteiger partial charge in [-0.05, 0) is 18.9 Å². The molecule has 0 bridgehead atoms. The fraction of sp³-hybridized carbons (Fsp3) is 0.444. The molecule has 0 saturated carbocycles. The summed E-state index contributed by atoms with van der Waals surface area (Å²) in [6.07, 6.45) is 5.32. The highest BCUT2D eigenvalue weighted by molar-refractivity contribution is 5.33. The minimum atomic E-state index is 0.479. The fourth-order valence-corrected chi connectivity index (χ4v) is 2.52. The van der Waals surface area contributed by atoms with Gasteiger partial charge in [-0.25, -0.2) is 9.97 Å². The van der Waals surface area contributed by atoms with E-state index in [1.54, 1.807) is 13.3 Å². The van der Waals surface area contributed by atoms with Crippen molar-refractivity contribution in [2.45, 2.75) is 39.0 Å². The van der Waals surface area contributed by atoms with Crippen LogP contribution in [0, 0.1) is 6.92 Å². The van der Waals surface area contributed by atoms with Crippen LogP contribution < -0.4 is 10.1 Å². The predicted octanol–water partition coefficient (Wildman–Crippen LogP) is 4.18. The molecule has 2 rings (SSSR count). The van der Waals surface area contributed by atoms with Gasteiger partial charge in [0.1, 0.15) is 0 Å². The Bertz CT molecular complexity index is 572. The molecule has 118 valence electrons. The van der Waals surface area contributed by atoms with Gasteiger partial charge in [-0.15, -0.1) is 0 Å². The van der Waals surface area contributed by atoms with Crippen LogP contribution in [0.1, 0.15) is 43.4 Å². The van der Waals surface area contributed by atoms with Gasteiger partial charge < -0.3 is 10.1 Å². The van der Waals surface area contributed by atoms with Crippen molar-refractivity contribution in [1.29, 1.82) is 0 Å². The maximum absolute atomic E-state index is 5.20. The summed E-state index contributed by atoms with van der Waals surface area (Å²) in [5, 5.41) is 3.37. The average Bonchev–Trinajstić information content (AvgIpc) is 2.56. The summed E-state index contributed by atoms with van der Waals surface area (Å²) in [5.74, 6) is 1.86. The Balaban J connectivity index is 2.03. The molecule has 1 N–H and O–H groups in total. The van der Waals surface area contributed by atoms with Gasteiger partial charge in [-0.2, -0.15) is 0 Å². The third-order valence-corrected chi connectivity index (χ3v) is 3.84. The summed E-state index contributed by atoms with van der Waals surface area (Å²) < 4.78 is 5.20. The number of rotatable bonds is 8. The molecule has 0 aliphatic heterocycles. The monoisotopic (exact) mass is 299 g/mol. The molecular weight excluding hydrogens is 274 g/mol. The van der Waals surface area contributed by atoms with Crippen LogP contribution in [-0.2, 0) is 0 Å². The third kappa shape index (κ3) is 4.45. The average molecular weight is 299 g/mol. The summed E-state index contributed by atoms with van der Waals surface area (Å²) >= 11 is 0. The van der Waals surface area contributed by atoms with Gasteiger partial charge in [0.2, 0.25) is 5.95 Å². The van der Waals surface area contributed by atoms with Crippen molar-refractivity contribution in [3.63, 3.8) is 0 Å². The van der Waals surface area contributed by atoms with Crippen molar-refractivity contribution in [3.05, 3.63) is 47.8 Å². The fourth-order valence-electron chi connectivity index (χ4n) is 2.52. The van der Waals surface area contributed by atoms with Crippen molar-refractivity contribution < 1.29 is 4.74 Å². The Morgan fingerprint density at radius 1 is 1.23 bits per heavy atom. The molecular formula is C18H25N3O. The number of benzene rings is 1. The molecule has 4 heteroatoms. The number of anilines is 1. The lowest BCUT2D eigenvalue weighted by atomic mass is 9.93. The summed E-state index contributed by atoms with van der Waals surface area (Å²) in [6, 6.07) is 10.7. The van der Waals surface area contributed by atoms with Crippen molar-refractivity contribution in [1.82, 2.24) is 9.97 Å². The third-order valence-electron chi connectivity index (χ3n) is 3.84. The summed E-state index contributed by atoms with van der Waals surface area (Å²) in [6.45, 7) is 5.00. The Morgan fingerprint density at radius 3 is 2.64 bits per heavy atom. The Labute approximate surface area is 133 Å². The minimum absolute atomic E-state index is 0.479. The largest absolute Gasteiger partial charge is 0.493 e. The first-order chi connectivity index (χ1) is 10.7. The van der Waals surface area contributed by atoms with E-state index in [-0.39, 0.29) is 0 Å². The normalized spacial score (nSPS) is 12.0. The second-order valence-electron chi connectivity index (χ2n) is 5.48. The second-order valence-corrected chi connectivity index (χ2v) is 5.48. The van der Waals surface area contributed by atoms with Crippen molar-refractivity contribution in [3.8, 4) is 5.75 Å². The summed E-state index contributed by atoms with van der Waals surface area (Å²) in [7, 11) is 1.63. The number of hydrogen-bond acceptors (Lipinski definition) is 4. The molecule has 0 aliphatic carbocycles. The lowest BCUT2D eigenvalue weighted by Crippen LogP contribution is -2.15. The van der Waals surface area contributed by atoms with E-state index in [2.05, 4.69) is 52.5 Å². The molecule has 22 heavy (non-hydrogen) atoms. The summed E-state index contributed by atoms with van der Waals surface area (Å²) in [5.41, 5.74) is 2.22. The molecule has 1 aromatic heterocycles. The van der Waals surface area contributed by atoms with Gasteiger partial charge in [0, 0.05) is 12.5 Å². The van der Waals surface area contributed by atoms with E-state index >= 15 is 0 Å². The highest BCUT2D eigenvalue weighted by Crippen LogP contribution is 2.23. The van der Waals surface area contributed by atoms with Crippen LogP contribution in [0.5, 0.6) is 5.75 Å².